The number of carbonyl (C=O) groups is 1. The molecule has 0 N–H and O–H groups in total. The lowest BCUT2D eigenvalue weighted by atomic mass is 10.1. The lowest BCUT2D eigenvalue weighted by Crippen LogP contribution is -2.30. The minimum absolute atomic E-state index is 0.00970. The Labute approximate surface area is 165 Å². The van der Waals surface area contributed by atoms with Gasteiger partial charge in [-0.25, -0.2) is 0 Å². The number of nitrogens with zero attached hydrogens (tertiary/aromatic N) is 1. The molecule has 4 nitrogen and oxygen atoms in total. The molecule has 1 aliphatic rings. The van der Waals surface area contributed by atoms with Crippen molar-refractivity contribution in [2.75, 3.05) is 24.7 Å². The van der Waals surface area contributed by atoms with Gasteiger partial charge in [-0.1, -0.05) is 36.4 Å². The number of benzene rings is 3. The summed E-state index contributed by atoms with van der Waals surface area (Å²) in [5.74, 6) is 0.754. The highest BCUT2D eigenvalue weighted by Crippen LogP contribution is 2.28. The van der Waals surface area contributed by atoms with E-state index in [1.807, 2.05) is 60.4 Å². The number of amides is 1. The molecule has 3 aromatic rings. The molecule has 1 atom stereocenters. The molecule has 0 radical (unpaired) electrons. The third kappa shape index (κ3) is 3.87. The van der Waals surface area contributed by atoms with Crippen molar-refractivity contribution in [1.29, 1.82) is 0 Å². The van der Waals surface area contributed by atoms with Crippen molar-refractivity contribution in [2.45, 2.75) is 25.9 Å². The van der Waals surface area contributed by atoms with Gasteiger partial charge in [-0.3, -0.25) is 4.79 Å². The van der Waals surface area contributed by atoms with E-state index in [1.165, 1.54) is 0 Å². The van der Waals surface area contributed by atoms with Gasteiger partial charge < -0.3 is 14.4 Å². The fourth-order valence-corrected chi connectivity index (χ4v) is 3.68. The first kappa shape index (κ1) is 18.5. The van der Waals surface area contributed by atoms with E-state index in [9.17, 15) is 4.79 Å². The maximum absolute atomic E-state index is 13.2. The number of hydrogen-bond acceptors (Lipinski definition) is 3. The van der Waals surface area contributed by atoms with Crippen LogP contribution >= 0.6 is 0 Å². The zero-order valence-electron chi connectivity index (χ0n) is 16.1. The second-order valence-electron chi connectivity index (χ2n) is 7.02. The fraction of sp³-hybridized carbons (Fsp3) is 0.292. The van der Waals surface area contributed by atoms with Gasteiger partial charge in [-0.05, 0) is 55.5 Å². The number of fused-ring (bicyclic) bond motifs is 1. The van der Waals surface area contributed by atoms with Crippen molar-refractivity contribution in [3.05, 3.63) is 72.3 Å². The van der Waals surface area contributed by atoms with Gasteiger partial charge in [0.1, 0.15) is 12.4 Å². The number of rotatable bonds is 6. The molecule has 0 saturated carbocycles. The molecule has 1 fully saturated rings. The highest BCUT2D eigenvalue weighted by atomic mass is 16.5. The lowest BCUT2D eigenvalue weighted by molar-refractivity contribution is 0.0679. The molecule has 144 valence electrons. The Hall–Kier alpha value is -2.85. The molecular weight excluding hydrogens is 350 g/mol. The van der Waals surface area contributed by atoms with Gasteiger partial charge in [-0.2, -0.15) is 0 Å². The van der Waals surface area contributed by atoms with Crippen LogP contribution in [-0.2, 0) is 4.74 Å². The molecule has 1 saturated heterocycles. The van der Waals surface area contributed by atoms with Crippen LogP contribution in [0.2, 0.25) is 0 Å². The summed E-state index contributed by atoms with van der Waals surface area (Å²) >= 11 is 0. The van der Waals surface area contributed by atoms with Gasteiger partial charge in [0.05, 0.1) is 11.8 Å². The molecule has 1 heterocycles. The standard InChI is InChI=1S/C24H25NO3/c1-2-25(23-11-5-8-18-7-3-4-10-22(18)23)24(26)19-12-14-20(15-13-19)28-17-21-9-6-16-27-21/h3-5,7-8,10-15,21H,2,6,9,16-17H2,1H3. The Bertz CT molecular complexity index is 940. The maximum atomic E-state index is 13.2. The Morgan fingerprint density at radius 3 is 2.61 bits per heavy atom. The quantitative estimate of drug-likeness (QED) is 0.604. The summed E-state index contributed by atoms with van der Waals surface area (Å²) in [6.45, 7) is 3.98. The van der Waals surface area contributed by atoms with Gasteiger partial charge in [-0.15, -0.1) is 0 Å². The van der Waals surface area contributed by atoms with Crippen molar-refractivity contribution in [2.24, 2.45) is 0 Å². The lowest BCUT2D eigenvalue weighted by Gasteiger charge is -2.23. The molecule has 3 aromatic carbocycles. The normalized spacial score (nSPS) is 16.2. The molecule has 28 heavy (non-hydrogen) atoms. The monoisotopic (exact) mass is 375 g/mol. The summed E-state index contributed by atoms with van der Waals surface area (Å²) in [5, 5.41) is 2.21. The minimum Gasteiger partial charge on any atom is -0.491 e. The Balaban J connectivity index is 1.51. The zero-order chi connectivity index (χ0) is 19.3. The summed E-state index contributed by atoms with van der Waals surface area (Å²) in [6, 6.07) is 21.6. The van der Waals surface area contributed by atoms with Crippen LogP contribution in [0.25, 0.3) is 10.8 Å². The van der Waals surface area contributed by atoms with Crippen LogP contribution in [-0.4, -0.2) is 31.8 Å². The van der Waals surface area contributed by atoms with E-state index in [0.29, 0.717) is 18.7 Å². The van der Waals surface area contributed by atoms with E-state index in [0.717, 1.165) is 41.7 Å². The van der Waals surface area contributed by atoms with E-state index in [-0.39, 0.29) is 12.0 Å². The Kier molecular flexibility index (Phi) is 5.58. The first-order valence-electron chi connectivity index (χ1n) is 9.90. The molecule has 1 unspecified atom stereocenters. The van der Waals surface area contributed by atoms with Crippen LogP contribution in [0.4, 0.5) is 5.69 Å². The highest BCUT2D eigenvalue weighted by molar-refractivity contribution is 6.10. The molecule has 1 aliphatic heterocycles. The summed E-state index contributed by atoms with van der Waals surface area (Å²) in [5.41, 5.74) is 1.59. The average molecular weight is 375 g/mol. The van der Waals surface area contributed by atoms with Crippen LogP contribution in [0.5, 0.6) is 5.75 Å². The summed E-state index contributed by atoms with van der Waals surface area (Å²) in [4.78, 5) is 15.0. The van der Waals surface area contributed by atoms with E-state index in [1.54, 1.807) is 0 Å². The molecular formula is C24H25NO3. The minimum atomic E-state index is -0.00970. The molecule has 0 bridgehead atoms. The number of ether oxygens (including phenoxy) is 2. The first-order chi connectivity index (χ1) is 13.8. The largest absolute Gasteiger partial charge is 0.491 e. The smallest absolute Gasteiger partial charge is 0.258 e. The molecule has 4 rings (SSSR count). The van der Waals surface area contributed by atoms with Gasteiger partial charge in [0.15, 0.2) is 0 Å². The second-order valence-corrected chi connectivity index (χ2v) is 7.02. The van der Waals surface area contributed by atoms with Crippen LogP contribution in [0, 0.1) is 0 Å². The summed E-state index contributed by atoms with van der Waals surface area (Å²) < 4.78 is 11.4. The molecule has 4 heteroatoms. The van der Waals surface area contributed by atoms with E-state index >= 15 is 0 Å². The third-order valence-corrected chi connectivity index (χ3v) is 5.18. The van der Waals surface area contributed by atoms with Gasteiger partial charge in [0.25, 0.3) is 5.91 Å². The Morgan fingerprint density at radius 2 is 1.86 bits per heavy atom. The van der Waals surface area contributed by atoms with E-state index in [2.05, 4.69) is 18.2 Å². The van der Waals surface area contributed by atoms with Crippen molar-refractivity contribution in [1.82, 2.24) is 0 Å². The van der Waals surface area contributed by atoms with Crippen molar-refractivity contribution in [3.8, 4) is 5.75 Å². The number of anilines is 1. The molecule has 0 spiro atoms. The Morgan fingerprint density at radius 1 is 1.07 bits per heavy atom. The highest BCUT2D eigenvalue weighted by Gasteiger charge is 2.19. The number of carbonyl (C=O) groups excluding carboxylic acids is 1. The topological polar surface area (TPSA) is 38.8 Å². The molecule has 0 aromatic heterocycles. The van der Waals surface area contributed by atoms with Crippen LogP contribution in [0.1, 0.15) is 30.1 Å². The summed E-state index contributed by atoms with van der Waals surface area (Å²) in [6.07, 6.45) is 2.33. The van der Waals surface area contributed by atoms with Gasteiger partial charge in [0, 0.05) is 24.1 Å². The van der Waals surface area contributed by atoms with Crippen molar-refractivity contribution in [3.63, 3.8) is 0 Å². The fourth-order valence-electron chi connectivity index (χ4n) is 3.68. The number of hydrogen-bond donors (Lipinski definition) is 0. The maximum Gasteiger partial charge on any atom is 0.258 e. The van der Waals surface area contributed by atoms with Crippen molar-refractivity contribution < 1.29 is 14.3 Å². The second kappa shape index (κ2) is 8.44. The molecule has 0 aliphatic carbocycles. The predicted molar refractivity (Wildman–Crippen MR) is 112 cm³/mol. The van der Waals surface area contributed by atoms with E-state index < -0.39 is 0 Å². The average Bonchev–Trinajstić information content (AvgIpc) is 3.27. The zero-order valence-corrected chi connectivity index (χ0v) is 16.1. The van der Waals surface area contributed by atoms with Gasteiger partial charge in [0.2, 0.25) is 0 Å². The van der Waals surface area contributed by atoms with Crippen LogP contribution in [0.3, 0.4) is 0 Å². The van der Waals surface area contributed by atoms with E-state index in [4.69, 9.17) is 9.47 Å². The van der Waals surface area contributed by atoms with Crippen molar-refractivity contribution >= 4 is 22.4 Å². The van der Waals surface area contributed by atoms with Crippen LogP contribution < -0.4 is 9.64 Å². The third-order valence-electron chi connectivity index (χ3n) is 5.18. The van der Waals surface area contributed by atoms with Gasteiger partial charge >= 0.3 is 0 Å². The first-order valence-corrected chi connectivity index (χ1v) is 9.90. The van der Waals surface area contributed by atoms with Crippen LogP contribution in [0.15, 0.2) is 66.7 Å². The SMILES string of the molecule is CCN(C(=O)c1ccc(OCC2CCCO2)cc1)c1cccc2ccccc12. The predicted octanol–water partition coefficient (Wildman–Crippen LogP) is 5.06. The molecule has 1 amide bonds. The summed E-state index contributed by atoms with van der Waals surface area (Å²) in [7, 11) is 0.